The number of nitrogens with zero attached hydrogens (tertiary/aromatic N) is 3. The second-order valence-electron chi connectivity index (χ2n) is 6.37. The first-order chi connectivity index (χ1) is 11.0. The van der Waals surface area contributed by atoms with E-state index in [0.717, 1.165) is 45.0 Å². The van der Waals surface area contributed by atoms with Gasteiger partial charge >= 0.3 is 0 Å². The second-order valence-corrected chi connectivity index (χ2v) is 6.37. The summed E-state index contributed by atoms with van der Waals surface area (Å²) in [4.78, 5) is 18.7. The van der Waals surface area contributed by atoms with Gasteiger partial charge in [-0.3, -0.25) is 4.79 Å². The fraction of sp³-hybridized carbons (Fsp3) is 0.588. The number of piperazine rings is 1. The van der Waals surface area contributed by atoms with Gasteiger partial charge in [0, 0.05) is 50.6 Å². The van der Waals surface area contributed by atoms with Crippen molar-refractivity contribution in [2.24, 2.45) is 0 Å². The number of carbonyl (C=O) groups is 1. The van der Waals surface area contributed by atoms with Crippen molar-refractivity contribution in [1.29, 1.82) is 0 Å². The number of anilines is 2. The van der Waals surface area contributed by atoms with E-state index in [9.17, 15) is 4.79 Å². The summed E-state index contributed by atoms with van der Waals surface area (Å²) in [6.07, 6.45) is 0. The first-order valence-corrected chi connectivity index (χ1v) is 8.23. The normalized spacial score (nSPS) is 15.9. The highest BCUT2D eigenvalue weighted by atomic mass is 16.1. The number of carbonyl (C=O) groups excluding carboxylic acids is 1. The van der Waals surface area contributed by atoms with Crippen LogP contribution in [0.3, 0.4) is 0 Å². The molecule has 6 nitrogen and oxygen atoms in total. The van der Waals surface area contributed by atoms with Crippen molar-refractivity contribution in [3.05, 3.63) is 24.3 Å². The lowest BCUT2D eigenvalue weighted by Crippen LogP contribution is -2.44. The molecule has 0 saturated carbocycles. The van der Waals surface area contributed by atoms with Crippen LogP contribution in [0, 0.1) is 0 Å². The maximum atomic E-state index is 11.9. The molecule has 23 heavy (non-hydrogen) atoms. The fourth-order valence-electron chi connectivity index (χ4n) is 2.53. The largest absolute Gasteiger partial charge is 0.369 e. The quantitative estimate of drug-likeness (QED) is 0.718. The van der Waals surface area contributed by atoms with Gasteiger partial charge in [0.15, 0.2) is 0 Å². The Hall–Kier alpha value is -1.63. The molecule has 1 heterocycles. The number of hydrogen-bond donors (Lipinski definition) is 2. The van der Waals surface area contributed by atoms with E-state index < -0.39 is 0 Å². The van der Waals surface area contributed by atoms with Crippen molar-refractivity contribution >= 4 is 17.3 Å². The van der Waals surface area contributed by atoms with E-state index in [0.29, 0.717) is 6.54 Å². The van der Waals surface area contributed by atoms with Crippen molar-refractivity contribution in [1.82, 2.24) is 15.1 Å². The minimum Gasteiger partial charge on any atom is -0.369 e. The highest BCUT2D eigenvalue weighted by Gasteiger charge is 2.14. The maximum Gasteiger partial charge on any atom is 0.238 e. The van der Waals surface area contributed by atoms with Crippen molar-refractivity contribution in [2.75, 3.05) is 77.2 Å². The monoisotopic (exact) mass is 319 g/mol. The molecule has 0 unspecified atom stereocenters. The van der Waals surface area contributed by atoms with Crippen LogP contribution >= 0.6 is 0 Å². The van der Waals surface area contributed by atoms with Crippen LogP contribution in [0.25, 0.3) is 0 Å². The lowest BCUT2D eigenvalue weighted by atomic mass is 10.2. The molecule has 1 fully saturated rings. The lowest BCUT2D eigenvalue weighted by Gasteiger charge is -2.34. The Labute approximate surface area is 139 Å². The number of amides is 1. The van der Waals surface area contributed by atoms with Crippen LogP contribution in [-0.4, -0.2) is 82.7 Å². The van der Waals surface area contributed by atoms with Gasteiger partial charge in [-0.05, 0) is 45.4 Å². The van der Waals surface area contributed by atoms with Crippen LogP contribution in [-0.2, 0) is 4.79 Å². The van der Waals surface area contributed by atoms with Crippen LogP contribution in [0.5, 0.6) is 0 Å². The summed E-state index contributed by atoms with van der Waals surface area (Å²) in [5.74, 6) is -0.00361. The predicted molar refractivity (Wildman–Crippen MR) is 96.2 cm³/mol. The number of hydrogen-bond acceptors (Lipinski definition) is 5. The number of nitrogens with one attached hydrogen (secondary N) is 2. The molecule has 128 valence electrons. The highest BCUT2D eigenvalue weighted by Crippen LogP contribution is 2.19. The summed E-state index contributed by atoms with van der Waals surface area (Å²) in [5.41, 5.74) is 2.07. The first kappa shape index (κ1) is 17.7. The summed E-state index contributed by atoms with van der Waals surface area (Å²) in [5, 5.41) is 6.06. The van der Waals surface area contributed by atoms with Gasteiger partial charge in [0.05, 0.1) is 6.54 Å². The molecular weight excluding hydrogens is 290 g/mol. The molecule has 2 rings (SSSR count). The molecule has 1 aromatic rings. The Balaban J connectivity index is 1.75. The minimum absolute atomic E-state index is 0.00361. The zero-order valence-electron chi connectivity index (χ0n) is 14.5. The predicted octanol–water partition coefficient (Wildman–Crippen LogP) is 0.528. The topological polar surface area (TPSA) is 50.9 Å². The standard InChI is InChI=1S/C17H29N5O/c1-20(2)9-8-18-14-17(23)19-15-4-6-16(7-5-15)22-12-10-21(3)11-13-22/h4-7,18H,8-14H2,1-3H3,(H,19,23). The average Bonchev–Trinajstić information content (AvgIpc) is 2.53. The minimum atomic E-state index is -0.00361. The molecule has 1 amide bonds. The summed E-state index contributed by atoms with van der Waals surface area (Å²) in [7, 11) is 6.19. The summed E-state index contributed by atoms with van der Waals surface area (Å²) < 4.78 is 0. The summed E-state index contributed by atoms with van der Waals surface area (Å²) in [6.45, 7) is 6.37. The lowest BCUT2D eigenvalue weighted by molar-refractivity contribution is -0.115. The molecule has 0 aromatic heterocycles. The molecule has 2 N–H and O–H groups in total. The molecule has 0 aliphatic carbocycles. The summed E-state index contributed by atoms with van der Waals surface area (Å²) >= 11 is 0. The SMILES string of the molecule is CN(C)CCNCC(=O)Nc1ccc(N2CCN(C)CC2)cc1. The third-order valence-corrected chi connectivity index (χ3v) is 4.04. The Bertz CT molecular complexity index is 480. The summed E-state index contributed by atoms with van der Waals surface area (Å²) in [6, 6.07) is 8.12. The van der Waals surface area contributed by atoms with Crippen molar-refractivity contribution in [3.8, 4) is 0 Å². The van der Waals surface area contributed by atoms with Gasteiger partial charge in [-0.1, -0.05) is 0 Å². The maximum absolute atomic E-state index is 11.9. The average molecular weight is 319 g/mol. The fourth-order valence-corrected chi connectivity index (χ4v) is 2.53. The molecule has 6 heteroatoms. The van der Waals surface area contributed by atoms with Crippen molar-refractivity contribution < 1.29 is 4.79 Å². The number of likely N-dealkylation sites (N-methyl/N-ethyl adjacent to an activating group) is 2. The Kier molecular flexibility index (Phi) is 6.83. The number of rotatable bonds is 7. The Morgan fingerprint density at radius 1 is 1.13 bits per heavy atom. The van der Waals surface area contributed by atoms with Crippen molar-refractivity contribution in [2.45, 2.75) is 0 Å². The molecule has 0 radical (unpaired) electrons. The van der Waals surface area contributed by atoms with Crippen LogP contribution < -0.4 is 15.5 Å². The highest BCUT2D eigenvalue weighted by molar-refractivity contribution is 5.92. The Morgan fingerprint density at radius 3 is 2.39 bits per heavy atom. The molecule has 0 atom stereocenters. The van der Waals surface area contributed by atoms with Crippen LogP contribution in [0.15, 0.2) is 24.3 Å². The van der Waals surface area contributed by atoms with Crippen LogP contribution in [0.4, 0.5) is 11.4 Å². The van der Waals surface area contributed by atoms with Gasteiger partial charge < -0.3 is 25.3 Å². The van der Waals surface area contributed by atoms with E-state index >= 15 is 0 Å². The van der Waals surface area contributed by atoms with Gasteiger partial charge in [0.2, 0.25) is 5.91 Å². The van der Waals surface area contributed by atoms with Crippen LogP contribution in [0.1, 0.15) is 0 Å². The van der Waals surface area contributed by atoms with E-state index in [1.807, 2.05) is 26.2 Å². The molecule has 1 aliphatic rings. The third kappa shape index (κ3) is 6.17. The van der Waals surface area contributed by atoms with Gasteiger partial charge in [-0.2, -0.15) is 0 Å². The van der Waals surface area contributed by atoms with Gasteiger partial charge in [-0.15, -0.1) is 0 Å². The van der Waals surface area contributed by atoms with Gasteiger partial charge in [-0.25, -0.2) is 0 Å². The Morgan fingerprint density at radius 2 is 1.78 bits per heavy atom. The third-order valence-electron chi connectivity index (χ3n) is 4.04. The molecule has 0 spiro atoms. The molecule has 1 saturated heterocycles. The molecule has 0 bridgehead atoms. The van der Waals surface area contributed by atoms with Crippen LogP contribution in [0.2, 0.25) is 0 Å². The smallest absolute Gasteiger partial charge is 0.238 e. The number of benzene rings is 1. The molecule has 1 aliphatic heterocycles. The van der Waals surface area contributed by atoms with Gasteiger partial charge in [0.25, 0.3) is 0 Å². The van der Waals surface area contributed by atoms with Gasteiger partial charge in [0.1, 0.15) is 0 Å². The van der Waals surface area contributed by atoms with Crippen molar-refractivity contribution in [3.63, 3.8) is 0 Å². The van der Waals surface area contributed by atoms with E-state index in [4.69, 9.17) is 0 Å². The zero-order valence-corrected chi connectivity index (χ0v) is 14.5. The zero-order chi connectivity index (χ0) is 16.7. The van der Waals surface area contributed by atoms with E-state index in [2.05, 4.69) is 44.5 Å². The van der Waals surface area contributed by atoms with E-state index in [-0.39, 0.29) is 5.91 Å². The molecular formula is C17H29N5O. The molecule has 1 aromatic carbocycles. The first-order valence-electron chi connectivity index (χ1n) is 8.23. The second kappa shape index (κ2) is 8.86. The van der Waals surface area contributed by atoms with E-state index in [1.165, 1.54) is 5.69 Å². The van der Waals surface area contributed by atoms with E-state index in [1.54, 1.807) is 0 Å².